The number of benzene rings is 2. The highest BCUT2D eigenvalue weighted by Gasteiger charge is 2.34. The second-order valence-electron chi connectivity index (χ2n) is 9.19. The van der Waals surface area contributed by atoms with Gasteiger partial charge in [0, 0.05) is 5.69 Å². The molecule has 156 valence electrons. The fourth-order valence-electron chi connectivity index (χ4n) is 4.44. The van der Waals surface area contributed by atoms with E-state index in [-0.39, 0.29) is 12.1 Å². The number of ether oxygens (including phenoxy) is 1. The molecule has 2 N–H and O–H groups in total. The molecule has 1 atom stereocenters. The molecule has 0 aliphatic heterocycles. The van der Waals surface area contributed by atoms with E-state index in [9.17, 15) is 4.79 Å². The first-order valence-corrected chi connectivity index (χ1v) is 10.6. The number of urea groups is 1. The van der Waals surface area contributed by atoms with Crippen LogP contribution in [-0.2, 0) is 0 Å². The van der Waals surface area contributed by atoms with E-state index in [2.05, 4.69) is 43.5 Å². The third kappa shape index (κ3) is 5.75. The molecule has 29 heavy (non-hydrogen) atoms. The maximum atomic E-state index is 12.8. The van der Waals surface area contributed by atoms with E-state index in [0.29, 0.717) is 11.3 Å². The van der Waals surface area contributed by atoms with Crippen molar-refractivity contribution in [1.82, 2.24) is 5.32 Å². The summed E-state index contributed by atoms with van der Waals surface area (Å²) in [6.45, 7) is 7.02. The first-order chi connectivity index (χ1) is 13.9. The average Bonchev–Trinajstić information content (AvgIpc) is 2.73. The number of methoxy groups -OCH3 is 1. The third-order valence-corrected chi connectivity index (χ3v) is 6.26. The van der Waals surface area contributed by atoms with E-state index in [1.165, 1.54) is 18.4 Å². The lowest BCUT2D eigenvalue weighted by Gasteiger charge is -2.39. The van der Waals surface area contributed by atoms with Crippen molar-refractivity contribution in [3.63, 3.8) is 0 Å². The van der Waals surface area contributed by atoms with Gasteiger partial charge in [-0.05, 0) is 72.8 Å². The van der Waals surface area contributed by atoms with Crippen molar-refractivity contribution in [2.45, 2.75) is 52.5 Å². The number of amides is 2. The molecule has 0 radical (unpaired) electrons. The Labute approximate surface area is 175 Å². The molecule has 4 heteroatoms. The lowest BCUT2D eigenvalue weighted by molar-refractivity contribution is 0.134. The van der Waals surface area contributed by atoms with E-state index in [1.807, 2.05) is 42.5 Å². The normalized spacial score (nSPS) is 20.6. The van der Waals surface area contributed by atoms with Crippen molar-refractivity contribution in [3.8, 4) is 5.75 Å². The van der Waals surface area contributed by atoms with Gasteiger partial charge in [0.05, 0.1) is 13.2 Å². The summed E-state index contributed by atoms with van der Waals surface area (Å²) in [7, 11) is 1.63. The van der Waals surface area contributed by atoms with Gasteiger partial charge in [-0.15, -0.1) is 0 Å². The second-order valence-corrected chi connectivity index (χ2v) is 9.19. The molecule has 4 nitrogen and oxygen atoms in total. The minimum absolute atomic E-state index is 0.0235. The van der Waals surface area contributed by atoms with Crippen molar-refractivity contribution in [2.24, 2.45) is 17.3 Å². The van der Waals surface area contributed by atoms with Crippen LogP contribution in [0.25, 0.3) is 0 Å². The Morgan fingerprint density at radius 1 is 0.966 bits per heavy atom. The van der Waals surface area contributed by atoms with Gasteiger partial charge in [0.1, 0.15) is 5.75 Å². The molecule has 1 aliphatic rings. The zero-order valence-corrected chi connectivity index (χ0v) is 18.1. The summed E-state index contributed by atoms with van der Waals surface area (Å²) in [6, 6.07) is 17.6. The Morgan fingerprint density at radius 2 is 1.59 bits per heavy atom. The van der Waals surface area contributed by atoms with Crippen molar-refractivity contribution in [3.05, 3.63) is 60.2 Å². The lowest BCUT2D eigenvalue weighted by atomic mass is 9.68. The molecule has 2 aromatic rings. The fourth-order valence-corrected chi connectivity index (χ4v) is 4.44. The van der Waals surface area contributed by atoms with E-state index in [4.69, 9.17) is 4.74 Å². The number of rotatable bonds is 5. The van der Waals surface area contributed by atoms with Crippen molar-refractivity contribution in [2.75, 3.05) is 12.4 Å². The Morgan fingerprint density at radius 3 is 2.14 bits per heavy atom. The van der Waals surface area contributed by atoms with Gasteiger partial charge in [0.15, 0.2) is 0 Å². The van der Waals surface area contributed by atoms with Crippen molar-refractivity contribution in [1.29, 1.82) is 0 Å². The number of nitrogens with one attached hydrogen (secondary N) is 2. The number of hydrogen-bond acceptors (Lipinski definition) is 2. The zero-order valence-electron chi connectivity index (χ0n) is 18.1. The molecule has 0 spiro atoms. The number of carbonyl (C=O) groups excluding carboxylic acids is 1. The molecule has 2 aromatic carbocycles. The largest absolute Gasteiger partial charge is 0.497 e. The van der Waals surface area contributed by atoms with Crippen LogP contribution in [0.5, 0.6) is 5.75 Å². The minimum atomic E-state index is -0.165. The second kappa shape index (κ2) is 9.34. The predicted molar refractivity (Wildman–Crippen MR) is 119 cm³/mol. The van der Waals surface area contributed by atoms with Crippen LogP contribution in [0.1, 0.15) is 58.1 Å². The summed E-state index contributed by atoms with van der Waals surface area (Å²) in [4.78, 5) is 12.8. The Kier molecular flexibility index (Phi) is 6.83. The molecule has 1 saturated carbocycles. The average molecular weight is 395 g/mol. The molecule has 1 fully saturated rings. The summed E-state index contributed by atoms with van der Waals surface area (Å²) in [5, 5.41) is 6.21. The molecule has 1 unspecified atom stereocenters. The van der Waals surface area contributed by atoms with Gasteiger partial charge >= 0.3 is 6.03 Å². The SMILES string of the molecule is COc1ccc(NC(=O)NC(c2ccccc2)C2CCC(C(C)(C)C)CC2)cc1. The van der Waals surface area contributed by atoms with Gasteiger partial charge < -0.3 is 15.4 Å². The highest BCUT2D eigenvalue weighted by Crippen LogP contribution is 2.43. The van der Waals surface area contributed by atoms with E-state index >= 15 is 0 Å². The zero-order chi connectivity index (χ0) is 20.9. The van der Waals surface area contributed by atoms with Crippen LogP contribution in [0.2, 0.25) is 0 Å². The number of carbonyl (C=O) groups is 1. The van der Waals surface area contributed by atoms with E-state index in [1.54, 1.807) is 7.11 Å². The molecule has 2 amide bonds. The van der Waals surface area contributed by atoms with E-state index in [0.717, 1.165) is 30.2 Å². The summed E-state index contributed by atoms with van der Waals surface area (Å²) in [5.74, 6) is 1.98. The quantitative estimate of drug-likeness (QED) is 0.615. The molecule has 0 heterocycles. The van der Waals surface area contributed by atoms with Gasteiger partial charge in [0.25, 0.3) is 0 Å². The molecule has 1 aliphatic carbocycles. The maximum absolute atomic E-state index is 12.8. The van der Waals surface area contributed by atoms with Crippen LogP contribution in [0, 0.1) is 17.3 Å². The number of anilines is 1. The van der Waals surface area contributed by atoms with Gasteiger partial charge in [-0.1, -0.05) is 51.1 Å². The predicted octanol–water partition coefficient (Wildman–Crippen LogP) is 6.41. The van der Waals surface area contributed by atoms with Gasteiger partial charge in [-0.25, -0.2) is 4.79 Å². The summed E-state index contributed by atoms with van der Waals surface area (Å²) < 4.78 is 5.18. The van der Waals surface area contributed by atoms with Crippen LogP contribution in [0.4, 0.5) is 10.5 Å². The van der Waals surface area contributed by atoms with Crippen LogP contribution in [0.15, 0.2) is 54.6 Å². The van der Waals surface area contributed by atoms with Crippen molar-refractivity contribution < 1.29 is 9.53 Å². The van der Waals surface area contributed by atoms with Gasteiger partial charge in [0.2, 0.25) is 0 Å². The number of hydrogen-bond donors (Lipinski definition) is 2. The topological polar surface area (TPSA) is 50.4 Å². The highest BCUT2D eigenvalue weighted by atomic mass is 16.5. The minimum Gasteiger partial charge on any atom is -0.497 e. The standard InChI is InChI=1S/C25H34N2O2/c1-25(2,3)20-12-10-19(11-13-20)23(18-8-6-5-7-9-18)27-24(28)26-21-14-16-22(29-4)17-15-21/h5-9,14-17,19-20,23H,10-13H2,1-4H3,(H2,26,27,28). The third-order valence-electron chi connectivity index (χ3n) is 6.26. The van der Waals surface area contributed by atoms with Crippen molar-refractivity contribution >= 4 is 11.7 Å². The first-order valence-electron chi connectivity index (χ1n) is 10.6. The Balaban J connectivity index is 1.68. The summed E-state index contributed by atoms with van der Waals surface area (Å²) in [6.07, 6.45) is 4.73. The van der Waals surface area contributed by atoms with Crippen LogP contribution < -0.4 is 15.4 Å². The maximum Gasteiger partial charge on any atom is 0.319 e. The monoisotopic (exact) mass is 394 g/mol. The summed E-state index contributed by atoms with van der Waals surface area (Å²) >= 11 is 0. The highest BCUT2D eigenvalue weighted by molar-refractivity contribution is 5.89. The van der Waals surface area contributed by atoms with Crippen LogP contribution in [0.3, 0.4) is 0 Å². The van der Waals surface area contributed by atoms with Crippen LogP contribution >= 0.6 is 0 Å². The Bertz CT molecular complexity index is 773. The molecule has 3 rings (SSSR count). The molecular formula is C25H34N2O2. The molecule has 0 bridgehead atoms. The molecule has 0 saturated heterocycles. The molecule has 0 aromatic heterocycles. The fraction of sp³-hybridized carbons (Fsp3) is 0.480. The Hall–Kier alpha value is -2.49. The first kappa shape index (κ1) is 21.2. The molecular weight excluding hydrogens is 360 g/mol. The van der Waals surface area contributed by atoms with Crippen LogP contribution in [-0.4, -0.2) is 13.1 Å². The van der Waals surface area contributed by atoms with E-state index < -0.39 is 0 Å². The lowest BCUT2D eigenvalue weighted by Crippen LogP contribution is -2.38. The summed E-state index contributed by atoms with van der Waals surface area (Å²) in [5.41, 5.74) is 2.29. The van der Waals surface area contributed by atoms with Gasteiger partial charge in [-0.2, -0.15) is 0 Å². The van der Waals surface area contributed by atoms with Gasteiger partial charge in [-0.3, -0.25) is 0 Å². The smallest absolute Gasteiger partial charge is 0.319 e.